The van der Waals surface area contributed by atoms with E-state index in [9.17, 15) is 9.59 Å². The van der Waals surface area contributed by atoms with Gasteiger partial charge in [0, 0.05) is 28.8 Å². The first-order valence-electron chi connectivity index (χ1n) is 8.91. The molecule has 1 aliphatic heterocycles. The fraction of sp³-hybridized carbons (Fsp3) is 0.190. The summed E-state index contributed by atoms with van der Waals surface area (Å²) < 4.78 is 5.65. The average molecular weight is 396 g/mol. The summed E-state index contributed by atoms with van der Waals surface area (Å²) in [4.78, 5) is 32.0. The van der Waals surface area contributed by atoms with E-state index < -0.39 is 11.5 Å². The average Bonchev–Trinajstić information content (AvgIpc) is 2.69. The summed E-state index contributed by atoms with van der Waals surface area (Å²) in [5.41, 5.74) is 2.19. The molecule has 4 rings (SSSR count). The number of halogens is 1. The zero-order valence-electron chi connectivity index (χ0n) is 15.2. The molecule has 1 amide bonds. The Morgan fingerprint density at radius 3 is 2.79 bits per heavy atom. The smallest absolute Gasteiger partial charge is 0.264 e. The summed E-state index contributed by atoms with van der Waals surface area (Å²) in [5, 5.41) is 3.52. The van der Waals surface area contributed by atoms with Crippen molar-refractivity contribution in [3.8, 4) is 17.1 Å². The number of amides is 1. The van der Waals surface area contributed by atoms with Gasteiger partial charge in [0.2, 0.25) is 0 Å². The topological polar surface area (TPSA) is 84.1 Å². The zero-order chi connectivity index (χ0) is 19.7. The maximum atomic E-state index is 12.7. The molecule has 0 fully saturated rings. The molecule has 2 N–H and O–H groups in total. The van der Waals surface area contributed by atoms with Crippen molar-refractivity contribution in [1.29, 1.82) is 0 Å². The fourth-order valence-electron chi connectivity index (χ4n) is 3.21. The maximum absolute atomic E-state index is 12.7. The highest BCUT2D eigenvalue weighted by molar-refractivity contribution is 6.30. The second-order valence-electron chi connectivity index (χ2n) is 6.69. The lowest BCUT2D eigenvalue weighted by molar-refractivity contribution is 0.0923. The van der Waals surface area contributed by atoms with Crippen LogP contribution in [0.1, 0.15) is 33.9 Å². The summed E-state index contributed by atoms with van der Waals surface area (Å²) in [6.45, 7) is 2.49. The van der Waals surface area contributed by atoms with Crippen molar-refractivity contribution in [3.63, 3.8) is 0 Å². The second-order valence-corrected chi connectivity index (χ2v) is 7.12. The first-order chi connectivity index (χ1) is 13.5. The summed E-state index contributed by atoms with van der Waals surface area (Å²) in [6.07, 6.45) is 1.94. The van der Waals surface area contributed by atoms with Crippen molar-refractivity contribution in [2.75, 3.05) is 6.61 Å². The van der Waals surface area contributed by atoms with Gasteiger partial charge in [0.1, 0.15) is 17.1 Å². The van der Waals surface area contributed by atoms with Gasteiger partial charge in [0.05, 0.1) is 12.6 Å². The summed E-state index contributed by atoms with van der Waals surface area (Å²) >= 11 is 5.88. The van der Waals surface area contributed by atoms with Crippen LogP contribution in [0.25, 0.3) is 11.4 Å². The van der Waals surface area contributed by atoms with Gasteiger partial charge in [0.15, 0.2) is 0 Å². The molecular weight excluding hydrogens is 378 g/mol. The van der Waals surface area contributed by atoms with Crippen LogP contribution in [0.15, 0.2) is 53.5 Å². The second kappa shape index (κ2) is 7.48. The molecule has 0 radical (unpaired) electrons. The van der Waals surface area contributed by atoms with Crippen molar-refractivity contribution in [2.45, 2.75) is 19.4 Å². The lowest BCUT2D eigenvalue weighted by Gasteiger charge is -2.27. The molecule has 1 atom stereocenters. The molecule has 28 heavy (non-hydrogen) atoms. The van der Waals surface area contributed by atoms with Gasteiger partial charge in [-0.25, -0.2) is 4.98 Å². The molecular formula is C21H18ClN3O3. The zero-order valence-corrected chi connectivity index (χ0v) is 15.9. The molecule has 0 saturated carbocycles. The lowest BCUT2D eigenvalue weighted by Crippen LogP contribution is -2.35. The Bertz CT molecular complexity index is 1090. The maximum Gasteiger partial charge on any atom is 0.264 e. The number of carbonyl (C=O) groups is 1. The molecule has 0 aliphatic carbocycles. The van der Waals surface area contributed by atoms with E-state index in [0.717, 1.165) is 16.9 Å². The first-order valence-corrected chi connectivity index (χ1v) is 9.28. The highest BCUT2D eigenvalue weighted by atomic mass is 35.5. The van der Waals surface area contributed by atoms with Crippen molar-refractivity contribution in [1.82, 2.24) is 15.3 Å². The van der Waals surface area contributed by atoms with E-state index in [0.29, 0.717) is 29.4 Å². The van der Waals surface area contributed by atoms with Crippen LogP contribution in [0.2, 0.25) is 5.02 Å². The Morgan fingerprint density at radius 1 is 1.25 bits per heavy atom. The number of fused-ring (bicyclic) bond motifs is 1. The SMILES string of the molecule is Cc1ccc2c(c1)C(NC(=O)c1cnc(-c3ccc(Cl)cc3)[nH]c1=O)CCO2. The molecule has 0 bridgehead atoms. The van der Waals surface area contributed by atoms with Gasteiger partial charge >= 0.3 is 0 Å². The Labute approximate surface area is 166 Å². The normalized spacial score (nSPS) is 15.4. The first kappa shape index (κ1) is 18.3. The number of nitrogens with one attached hydrogen (secondary N) is 2. The predicted octanol–water partition coefficient (Wildman–Crippen LogP) is 3.65. The number of rotatable bonds is 3. The van der Waals surface area contributed by atoms with Crippen LogP contribution in [0.5, 0.6) is 5.75 Å². The van der Waals surface area contributed by atoms with Gasteiger partial charge in [-0.05, 0) is 37.3 Å². The highest BCUT2D eigenvalue weighted by Crippen LogP contribution is 2.32. The molecule has 1 aliphatic rings. The number of aryl methyl sites for hydroxylation is 1. The highest BCUT2D eigenvalue weighted by Gasteiger charge is 2.24. The van der Waals surface area contributed by atoms with Gasteiger partial charge in [-0.2, -0.15) is 0 Å². The summed E-state index contributed by atoms with van der Waals surface area (Å²) in [7, 11) is 0. The van der Waals surface area contributed by atoms with Crippen LogP contribution in [-0.4, -0.2) is 22.5 Å². The molecule has 7 heteroatoms. The Kier molecular flexibility index (Phi) is 4.88. The van der Waals surface area contributed by atoms with Crippen molar-refractivity contribution in [2.24, 2.45) is 0 Å². The third-order valence-electron chi connectivity index (χ3n) is 4.67. The number of hydrogen-bond acceptors (Lipinski definition) is 4. The quantitative estimate of drug-likeness (QED) is 0.709. The molecule has 0 saturated heterocycles. The third-order valence-corrected chi connectivity index (χ3v) is 4.92. The van der Waals surface area contributed by atoms with Crippen LogP contribution in [0.4, 0.5) is 0 Å². The molecule has 0 spiro atoms. The minimum absolute atomic E-state index is 0.0293. The van der Waals surface area contributed by atoms with Gasteiger partial charge in [-0.1, -0.05) is 29.3 Å². The van der Waals surface area contributed by atoms with Gasteiger partial charge < -0.3 is 15.0 Å². The van der Waals surface area contributed by atoms with E-state index in [1.165, 1.54) is 6.20 Å². The number of aromatic nitrogens is 2. The van der Waals surface area contributed by atoms with Gasteiger partial charge in [-0.3, -0.25) is 9.59 Å². The van der Waals surface area contributed by atoms with Crippen LogP contribution in [0, 0.1) is 6.92 Å². The number of carbonyl (C=O) groups excluding carboxylic acids is 1. The van der Waals surface area contributed by atoms with E-state index in [-0.39, 0.29) is 11.6 Å². The summed E-state index contributed by atoms with van der Waals surface area (Å²) in [6, 6.07) is 12.6. The van der Waals surface area contributed by atoms with Crippen LogP contribution >= 0.6 is 11.6 Å². The van der Waals surface area contributed by atoms with Crippen LogP contribution in [0.3, 0.4) is 0 Å². The van der Waals surface area contributed by atoms with Gasteiger partial charge in [0.25, 0.3) is 11.5 Å². The van der Waals surface area contributed by atoms with Crippen molar-refractivity contribution < 1.29 is 9.53 Å². The molecule has 2 heterocycles. The van der Waals surface area contributed by atoms with Crippen molar-refractivity contribution >= 4 is 17.5 Å². The minimum Gasteiger partial charge on any atom is -0.493 e. The largest absolute Gasteiger partial charge is 0.493 e. The van der Waals surface area contributed by atoms with E-state index in [4.69, 9.17) is 16.3 Å². The number of H-pyrrole nitrogens is 1. The molecule has 1 unspecified atom stereocenters. The number of ether oxygens (including phenoxy) is 1. The van der Waals surface area contributed by atoms with E-state index in [1.54, 1.807) is 24.3 Å². The fourth-order valence-corrected chi connectivity index (χ4v) is 3.34. The van der Waals surface area contributed by atoms with E-state index >= 15 is 0 Å². The van der Waals surface area contributed by atoms with E-state index in [1.807, 2.05) is 25.1 Å². The lowest BCUT2D eigenvalue weighted by atomic mass is 9.98. The summed E-state index contributed by atoms with van der Waals surface area (Å²) in [5.74, 6) is 0.674. The monoisotopic (exact) mass is 395 g/mol. The molecule has 3 aromatic rings. The van der Waals surface area contributed by atoms with Gasteiger partial charge in [-0.15, -0.1) is 0 Å². The number of benzene rings is 2. The minimum atomic E-state index is -0.492. The van der Waals surface area contributed by atoms with Crippen LogP contribution in [-0.2, 0) is 0 Å². The predicted molar refractivity (Wildman–Crippen MR) is 107 cm³/mol. The number of nitrogens with zero attached hydrogens (tertiary/aromatic N) is 1. The Hall–Kier alpha value is -3.12. The molecule has 1 aromatic heterocycles. The third kappa shape index (κ3) is 3.64. The standard InChI is InChI=1S/C21H18ClN3O3/c1-12-2-7-18-15(10-12)17(8-9-28-18)24-20(26)16-11-23-19(25-21(16)27)13-3-5-14(22)6-4-13/h2-7,10-11,17H,8-9H2,1H3,(H,24,26)(H,23,25,27). The van der Waals surface area contributed by atoms with E-state index in [2.05, 4.69) is 15.3 Å². The number of aromatic amines is 1. The molecule has 6 nitrogen and oxygen atoms in total. The van der Waals surface area contributed by atoms with Crippen molar-refractivity contribution in [3.05, 3.63) is 80.7 Å². The molecule has 2 aromatic carbocycles. The molecule has 142 valence electrons. The Balaban J connectivity index is 1.57. The number of hydrogen-bond donors (Lipinski definition) is 2. The van der Waals surface area contributed by atoms with Crippen LogP contribution < -0.4 is 15.6 Å². The Morgan fingerprint density at radius 2 is 2.04 bits per heavy atom.